The van der Waals surface area contributed by atoms with Crippen LogP contribution in [0.25, 0.3) is 11.1 Å². The average molecular weight is 339 g/mol. The predicted octanol–water partition coefficient (Wildman–Crippen LogP) is 4.79. The molecule has 0 aliphatic heterocycles. The molecule has 2 rings (SSSR count). The number of benzene rings is 1. The first kappa shape index (κ1) is 19.0. The Morgan fingerprint density at radius 2 is 1.80 bits per heavy atom. The molecular weight excluding hydrogens is 314 g/mol. The Kier molecular flexibility index (Phi) is 7.02. The van der Waals surface area contributed by atoms with Gasteiger partial charge >= 0.3 is 0 Å². The SMILES string of the molecule is CCCC(=O)c1cncc(-c2cccc([C@H](OC)C(=O)CCC)c2)c1. The maximum atomic E-state index is 12.3. The molecule has 1 atom stereocenters. The van der Waals surface area contributed by atoms with E-state index in [0.29, 0.717) is 18.4 Å². The van der Waals surface area contributed by atoms with Gasteiger partial charge in [0.2, 0.25) is 0 Å². The van der Waals surface area contributed by atoms with E-state index in [1.165, 1.54) is 0 Å². The molecule has 0 amide bonds. The Morgan fingerprint density at radius 1 is 1.04 bits per heavy atom. The van der Waals surface area contributed by atoms with Crippen molar-refractivity contribution in [3.8, 4) is 11.1 Å². The van der Waals surface area contributed by atoms with Gasteiger partial charge in [-0.05, 0) is 36.1 Å². The summed E-state index contributed by atoms with van der Waals surface area (Å²) in [5.41, 5.74) is 3.22. The van der Waals surface area contributed by atoms with Gasteiger partial charge in [-0.15, -0.1) is 0 Å². The van der Waals surface area contributed by atoms with Crippen molar-refractivity contribution in [2.45, 2.75) is 45.6 Å². The molecule has 0 saturated carbocycles. The minimum absolute atomic E-state index is 0.0761. The number of rotatable bonds is 9. The number of aromatic nitrogens is 1. The van der Waals surface area contributed by atoms with E-state index in [-0.39, 0.29) is 11.6 Å². The Morgan fingerprint density at radius 3 is 2.48 bits per heavy atom. The van der Waals surface area contributed by atoms with Crippen LogP contribution in [0.15, 0.2) is 42.7 Å². The molecule has 2 aromatic rings. The lowest BCUT2D eigenvalue weighted by Gasteiger charge is -2.15. The van der Waals surface area contributed by atoms with Gasteiger partial charge in [-0.1, -0.05) is 32.0 Å². The molecule has 0 saturated heterocycles. The van der Waals surface area contributed by atoms with Gasteiger partial charge < -0.3 is 4.74 Å². The van der Waals surface area contributed by atoms with Crippen molar-refractivity contribution in [1.82, 2.24) is 4.98 Å². The molecular formula is C21H25NO3. The van der Waals surface area contributed by atoms with Crippen molar-refractivity contribution < 1.29 is 14.3 Å². The summed E-state index contributed by atoms with van der Waals surface area (Å²) >= 11 is 0. The Balaban J connectivity index is 2.34. The third-order valence-corrected chi connectivity index (χ3v) is 4.08. The van der Waals surface area contributed by atoms with Gasteiger partial charge in [-0.2, -0.15) is 0 Å². The molecule has 4 heteroatoms. The monoisotopic (exact) mass is 339 g/mol. The molecule has 1 aromatic carbocycles. The van der Waals surface area contributed by atoms with Gasteiger partial charge in [0.05, 0.1) is 0 Å². The fourth-order valence-corrected chi connectivity index (χ4v) is 2.83. The van der Waals surface area contributed by atoms with Gasteiger partial charge in [-0.25, -0.2) is 0 Å². The van der Waals surface area contributed by atoms with Gasteiger partial charge in [0, 0.05) is 43.5 Å². The fourth-order valence-electron chi connectivity index (χ4n) is 2.83. The van der Waals surface area contributed by atoms with Crippen LogP contribution in [0, 0.1) is 0 Å². The summed E-state index contributed by atoms with van der Waals surface area (Å²) in [7, 11) is 1.55. The van der Waals surface area contributed by atoms with Crippen LogP contribution in [0.3, 0.4) is 0 Å². The van der Waals surface area contributed by atoms with Crippen LogP contribution in [0.4, 0.5) is 0 Å². The number of hydrogen-bond donors (Lipinski definition) is 0. The Hall–Kier alpha value is -2.33. The van der Waals surface area contributed by atoms with E-state index in [1.807, 2.05) is 44.2 Å². The smallest absolute Gasteiger partial charge is 0.166 e. The summed E-state index contributed by atoms with van der Waals surface area (Å²) in [6, 6.07) is 9.54. The quantitative estimate of drug-likeness (QED) is 0.616. The van der Waals surface area contributed by atoms with E-state index in [4.69, 9.17) is 4.74 Å². The zero-order valence-corrected chi connectivity index (χ0v) is 15.1. The molecule has 1 aromatic heterocycles. The molecule has 0 N–H and O–H groups in total. The second-order valence-electron chi connectivity index (χ2n) is 6.09. The number of methoxy groups -OCH3 is 1. The standard InChI is InChI=1S/C21H25NO3/c1-4-7-19(23)18-12-17(13-22-14-18)15-9-6-10-16(11-15)21(25-3)20(24)8-5-2/h6,9-14,21H,4-5,7-8H2,1-3H3/t21-/m0/s1. The highest BCUT2D eigenvalue weighted by molar-refractivity contribution is 5.96. The highest BCUT2D eigenvalue weighted by Crippen LogP contribution is 2.26. The van der Waals surface area contributed by atoms with Crippen molar-refractivity contribution in [1.29, 1.82) is 0 Å². The molecule has 0 bridgehead atoms. The first-order chi connectivity index (χ1) is 12.1. The highest BCUT2D eigenvalue weighted by Gasteiger charge is 2.19. The van der Waals surface area contributed by atoms with E-state index >= 15 is 0 Å². The van der Waals surface area contributed by atoms with Gasteiger partial charge in [0.25, 0.3) is 0 Å². The van der Waals surface area contributed by atoms with Crippen LogP contribution in [0.1, 0.15) is 61.6 Å². The largest absolute Gasteiger partial charge is 0.369 e. The minimum atomic E-state index is -0.558. The van der Waals surface area contributed by atoms with Crippen LogP contribution >= 0.6 is 0 Å². The zero-order valence-electron chi connectivity index (χ0n) is 15.1. The summed E-state index contributed by atoms with van der Waals surface area (Å²) in [6.45, 7) is 3.96. The van der Waals surface area contributed by atoms with Gasteiger partial charge in [-0.3, -0.25) is 14.6 Å². The van der Waals surface area contributed by atoms with Crippen molar-refractivity contribution in [2.75, 3.05) is 7.11 Å². The van der Waals surface area contributed by atoms with Crippen LogP contribution in [-0.4, -0.2) is 23.7 Å². The molecule has 0 aliphatic rings. The maximum absolute atomic E-state index is 12.3. The Bertz CT molecular complexity index is 739. The van der Waals surface area contributed by atoms with Crippen molar-refractivity contribution in [3.05, 3.63) is 53.9 Å². The number of ketones is 2. The molecule has 132 valence electrons. The summed E-state index contributed by atoms with van der Waals surface area (Å²) in [5, 5.41) is 0. The molecule has 0 fully saturated rings. The molecule has 0 radical (unpaired) electrons. The lowest BCUT2D eigenvalue weighted by Crippen LogP contribution is -2.14. The normalized spacial score (nSPS) is 12.0. The lowest BCUT2D eigenvalue weighted by atomic mass is 9.97. The van der Waals surface area contributed by atoms with Crippen molar-refractivity contribution in [3.63, 3.8) is 0 Å². The Labute approximate surface area is 149 Å². The molecule has 0 spiro atoms. The summed E-state index contributed by atoms with van der Waals surface area (Å²) < 4.78 is 5.42. The van der Waals surface area contributed by atoms with E-state index in [2.05, 4.69) is 4.98 Å². The van der Waals surface area contributed by atoms with Crippen molar-refractivity contribution >= 4 is 11.6 Å². The van der Waals surface area contributed by atoms with E-state index in [0.717, 1.165) is 29.5 Å². The van der Waals surface area contributed by atoms with Crippen LogP contribution < -0.4 is 0 Å². The molecule has 4 nitrogen and oxygen atoms in total. The van der Waals surface area contributed by atoms with E-state index in [9.17, 15) is 9.59 Å². The molecule has 0 aliphatic carbocycles. The van der Waals surface area contributed by atoms with E-state index in [1.54, 1.807) is 19.5 Å². The number of pyridine rings is 1. The fraction of sp³-hybridized carbons (Fsp3) is 0.381. The third-order valence-electron chi connectivity index (χ3n) is 4.08. The summed E-state index contributed by atoms with van der Waals surface area (Å²) in [4.78, 5) is 28.6. The van der Waals surface area contributed by atoms with Gasteiger partial charge in [0.15, 0.2) is 11.6 Å². The van der Waals surface area contributed by atoms with E-state index < -0.39 is 6.10 Å². The average Bonchev–Trinajstić information content (AvgIpc) is 2.63. The lowest BCUT2D eigenvalue weighted by molar-refractivity contribution is -0.129. The second-order valence-corrected chi connectivity index (χ2v) is 6.09. The number of carbonyl (C=O) groups is 2. The topological polar surface area (TPSA) is 56.3 Å². The van der Waals surface area contributed by atoms with Crippen LogP contribution in [0.2, 0.25) is 0 Å². The third kappa shape index (κ3) is 4.83. The number of carbonyl (C=O) groups excluding carboxylic acids is 2. The van der Waals surface area contributed by atoms with Crippen molar-refractivity contribution in [2.24, 2.45) is 0 Å². The second kappa shape index (κ2) is 9.23. The number of hydrogen-bond acceptors (Lipinski definition) is 4. The maximum Gasteiger partial charge on any atom is 0.166 e. The number of Topliss-reactive ketones (excluding diaryl/α,β-unsaturated/α-hetero) is 2. The van der Waals surface area contributed by atoms with Crippen LogP contribution in [-0.2, 0) is 9.53 Å². The molecule has 0 unspecified atom stereocenters. The minimum Gasteiger partial charge on any atom is -0.369 e. The predicted molar refractivity (Wildman–Crippen MR) is 98.6 cm³/mol. The number of nitrogens with zero attached hydrogens (tertiary/aromatic N) is 1. The first-order valence-electron chi connectivity index (χ1n) is 8.74. The molecule has 1 heterocycles. The van der Waals surface area contributed by atoms with Gasteiger partial charge in [0.1, 0.15) is 6.10 Å². The number of ether oxygens (including phenoxy) is 1. The summed E-state index contributed by atoms with van der Waals surface area (Å²) in [6.07, 6.45) is 5.40. The molecule has 25 heavy (non-hydrogen) atoms. The highest BCUT2D eigenvalue weighted by atomic mass is 16.5. The first-order valence-corrected chi connectivity index (χ1v) is 8.74. The zero-order chi connectivity index (χ0) is 18.2. The van der Waals surface area contributed by atoms with Crippen LogP contribution in [0.5, 0.6) is 0 Å². The summed E-state index contributed by atoms with van der Waals surface area (Å²) in [5.74, 6) is 0.174.